The highest BCUT2D eigenvalue weighted by Crippen LogP contribution is 2.25. The third-order valence-corrected chi connectivity index (χ3v) is 3.86. The quantitative estimate of drug-likeness (QED) is 0.861. The summed E-state index contributed by atoms with van der Waals surface area (Å²) in [4.78, 5) is 13.9. The van der Waals surface area contributed by atoms with Crippen molar-refractivity contribution >= 4 is 6.03 Å². The largest absolute Gasteiger partial charge is 0.491 e. The van der Waals surface area contributed by atoms with Gasteiger partial charge in [-0.3, -0.25) is 0 Å². The molecule has 0 spiro atoms. The Bertz CT molecular complexity index is 538. The number of amides is 2. The summed E-state index contributed by atoms with van der Waals surface area (Å²) in [6, 6.07) is 4.55. The average molecular weight is 294 g/mol. The number of carbonyl (C=O) groups excluding carboxylic acids is 1. The SMILES string of the molecule is CC1CC(NC(=O)N2CCOc3cccc(F)c3C2)CO1. The lowest BCUT2D eigenvalue weighted by Gasteiger charge is -2.22. The third kappa shape index (κ3) is 3.10. The molecule has 1 aromatic rings. The summed E-state index contributed by atoms with van der Waals surface area (Å²) in [5.74, 6) is 0.174. The first-order valence-corrected chi connectivity index (χ1v) is 7.20. The number of rotatable bonds is 1. The Hall–Kier alpha value is -1.82. The highest BCUT2D eigenvalue weighted by molar-refractivity contribution is 5.74. The number of ether oxygens (including phenoxy) is 2. The van der Waals surface area contributed by atoms with Gasteiger partial charge in [0, 0.05) is 5.56 Å². The number of hydrogen-bond acceptors (Lipinski definition) is 3. The van der Waals surface area contributed by atoms with Crippen molar-refractivity contribution in [2.75, 3.05) is 19.8 Å². The third-order valence-electron chi connectivity index (χ3n) is 3.86. The van der Waals surface area contributed by atoms with Crippen molar-refractivity contribution < 1.29 is 18.7 Å². The smallest absolute Gasteiger partial charge is 0.318 e. The van der Waals surface area contributed by atoms with Gasteiger partial charge >= 0.3 is 6.03 Å². The molecule has 0 radical (unpaired) electrons. The second kappa shape index (κ2) is 5.89. The molecule has 1 aromatic carbocycles. The second-order valence-corrected chi connectivity index (χ2v) is 5.51. The average Bonchev–Trinajstić information content (AvgIpc) is 2.74. The fourth-order valence-corrected chi connectivity index (χ4v) is 2.72. The van der Waals surface area contributed by atoms with Crippen molar-refractivity contribution in [1.82, 2.24) is 10.2 Å². The number of nitrogens with zero attached hydrogens (tertiary/aromatic N) is 1. The van der Waals surface area contributed by atoms with Crippen LogP contribution in [0.25, 0.3) is 0 Å². The minimum atomic E-state index is -0.343. The van der Waals surface area contributed by atoms with Gasteiger partial charge in [0.2, 0.25) is 0 Å². The van der Waals surface area contributed by atoms with Gasteiger partial charge in [-0.25, -0.2) is 9.18 Å². The van der Waals surface area contributed by atoms with Gasteiger partial charge in [0.1, 0.15) is 18.2 Å². The van der Waals surface area contributed by atoms with Crippen LogP contribution in [0.1, 0.15) is 18.9 Å². The molecule has 2 atom stereocenters. The molecule has 2 aliphatic heterocycles. The van der Waals surface area contributed by atoms with E-state index in [1.807, 2.05) is 6.92 Å². The molecule has 0 aliphatic carbocycles. The van der Waals surface area contributed by atoms with Crippen LogP contribution in [0, 0.1) is 5.82 Å². The lowest BCUT2D eigenvalue weighted by Crippen LogP contribution is -2.45. The highest BCUT2D eigenvalue weighted by Gasteiger charge is 2.27. The van der Waals surface area contributed by atoms with Crippen molar-refractivity contribution in [2.24, 2.45) is 0 Å². The second-order valence-electron chi connectivity index (χ2n) is 5.51. The van der Waals surface area contributed by atoms with Crippen LogP contribution in [0.2, 0.25) is 0 Å². The van der Waals surface area contributed by atoms with E-state index in [1.165, 1.54) is 6.07 Å². The Morgan fingerprint density at radius 3 is 3.10 bits per heavy atom. The molecule has 2 heterocycles. The first kappa shape index (κ1) is 14.1. The zero-order valence-corrected chi connectivity index (χ0v) is 12.0. The molecular formula is C15H19FN2O3. The van der Waals surface area contributed by atoms with Crippen LogP contribution < -0.4 is 10.1 Å². The van der Waals surface area contributed by atoms with E-state index in [0.29, 0.717) is 31.1 Å². The van der Waals surface area contributed by atoms with E-state index >= 15 is 0 Å². The van der Waals surface area contributed by atoms with Gasteiger partial charge in [0.25, 0.3) is 0 Å². The number of carbonyl (C=O) groups is 1. The summed E-state index contributed by atoms with van der Waals surface area (Å²) >= 11 is 0. The minimum Gasteiger partial charge on any atom is -0.491 e. The Morgan fingerprint density at radius 2 is 2.33 bits per heavy atom. The molecule has 2 unspecified atom stereocenters. The van der Waals surface area contributed by atoms with Gasteiger partial charge in [-0.2, -0.15) is 0 Å². The van der Waals surface area contributed by atoms with Crippen LogP contribution in [-0.4, -0.2) is 42.8 Å². The summed E-state index contributed by atoms with van der Waals surface area (Å²) < 4.78 is 24.8. The van der Waals surface area contributed by atoms with Crippen molar-refractivity contribution in [3.05, 3.63) is 29.6 Å². The van der Waals surface area contributed by atoms with Crippen LogP contribution in [0.15, 0.2) is 18.2 Å². The van der Waals surface area contributed by atoms with Gasteiger partial charge in [-0.05, 0) is 25.5 Å². The monoisotopic (exact) mass is 294 g/mol. The van der Waals surface area contributed by atoms with Gasteiger partial charge in [0.15, 0.2) is 0 Å². The summed E-state index contributed by atoms with van der Waals surface area (Å²) in [6.45, 7) is 3.53. The van der Waals surface area contributed by atoms with Crippen LogP contribution in [0.3, 0.4) is 0 Å². The zero-order chi connectivity index (χ0) is 14.8. The molecule has 1 saturated heterocycles. The van der Waals surface area contributed by atoms with Gasteiger partial charge < -0.3 is 19.7 Å². The Balaban J connectivity index is 1.68. The fourth-order valence-electron chi connectivity index (χ4n) is 2.72. The molecule has 2 aliphatic rings. The van der Waals surface area contributed by atoms with E-state index in [1.54, 1.807) is 17.0 Å². The molecule has 3 rings (SSSR count). The normalized spacial score (nSPS) is 25.0. The fraction of sp³-hybridized carbons (Fsp3) is 0.533. The number of urea groups is 1. The number of fused-ring (bicyclic) bond motifs is 1. The Morgan fingerprint density at radius 1 is 1.48 bits per heavy atom. The molecule has 1 N–H and O–H groups in total. The van der Waals surface area contributed by atoms with Crippen molar-refractivity contribution in [1.29, 1.82) is 0 Å². The van der Waals surface area contributed by atoms with E-state index in [0.717, 1.165) is 6.42 Å². The van der Waals surface area contributed by atoms with E-state index in [4.69, 9.17) is 9.47 Å². The van der Waals surface area contributed by atoms with Crippen molar-refractivity contribution in [3.63, 3.8) is 0 Å². The maximum absolute atomic E-state index is 13.9. The van der Waals surface area contributed by atoms with E-state index in [9.17, 15) is 9.18 Å². The molecule has 6 heteroatoms. The first-order chi connectivity index (χ1) is 10.1. The van der Waals surface area contributed by atoms with Gasteiger partial charge in [-0.1, -0.05) is 6.07 Å². The van der Waals surface area contributed by atoms with E-state index < -0.39 is 0 Å². The molecule has 0 aromatic heterocycles. The van der Waals surface area contributed by atoms with Gasteiger partial charge in [0.05, 0.1) is 31.8 Å². The summed E-state index contributed by atoms with van der Waals surface area (Å²) in [5, 5.41) is 2.94. The summed E-state index contributed by atoms with van der Waals surface area (Å²) in [7, 11) is 0. The molecular weight excluding hydrogens is 275 g/mol. The van der Waals surface area contributed by atoms with Crippen LogP contribution >= 0.6 is 0 Å². The molecule has 5 nitrogen and oxygen atoms in total. The van der Waals surface area contributed by atoms with E-state index in [2.05, 4.69) is 5.32 Å². The lowest BCUT2D eigenvalue weighted by atomic mass is 10.1. The Labute approximate surface area is 123 Å². The number of hydrogen-bond donors (Lipinski definition) is 1. The Kier molecular flexibility index (Phi) is 3.96. The summed E-state index contributed by atoms with van der Waals surface area (Å²) in [6.07, 6.45) is 0.974. The van der Waals surface area contributed by atoms with Gasteiger partial charge in [-0.15, -0.1) is 0 Å². The molecule has 114 valence electrons. The zero-order valence-electron chi connectivity index (χ0n) is 12.0. The van der Waals surface area contributed by atoms with Crippen molar-refractivity contribution in [3.8, 4) is 5.75 Å². The first-order valence-electron chi connectivity index (χ1n) is 7.20. The molecule has 21 heavy (non-hydrogen) atoms. The van der Waals surface area contributed by atoms with Crippen LogP contribution in [-0.2, 0) is 11.3 Å². The maximum atomic E-state index is 13.9. The topological polar surface area (TPSA) is 50.8 Å². The van der Waals surface area contributed by atoms with E-state index in [-0.39, 0.29) is 30.5 Å². The number of benzene rings is 1. The van der Waals surface area contributed by atoms with Crippen molar-refractivity contribution in [2.45, 2.75) is 32.0 Å². The standard InChI is InChI=1S/C15H19FN2O3/c1-10-7-11(9-21-10)17-15(19)18-5-6-20-14-4-2-3-13(16)12(14)8-18/h2-4,10-11H,5-9H2,1H3,(H,17,19). The molecule has 1 fully saturated rings. The molecule has 2 amide bonds. The number of halogens is 1. The molecule has 0 saturated carbocycles. The predicted molar refractivity (Wildman–Crippen MR) is 74.7 cm³/mol. The maximum Gasteiger partial charge on any atom is 0.318 e. The highest BCUT2D eigenvalue weighted by atomic mass is 19.1. The lowest BCUT2D eigenvalue weighted by molar-refractivity contribution is 0.121. The minimum absolute atomic E-state index is 0.0248. The summed E-state index contributed by atoms with van der Waals surface area (Å²) in [5.41, 5.74) is 0.432. The van der Waals surface area contributed by atoms with Crippen LogP contribution in [0.4, 0.5) is 9.18 Å². The molecule has 0 bridgehead atoms. The van der Waals surface area contributed by atoms with Crippen LogP contribution in [0.5, 0.6) is 5.75 Å². The predicted octanol–water partition coefficient (Wildman–Crippen LogP) is 1.91. The number of nitrogens with one attached hydrogen (secondary N) is 1.